The third-order valence-corrected chi connectivity index (χ3v) is 2.35. The Balaban J connectivity index is 2.56. The molecule has 0 aliphatic heterocycles. The maximum absolute atomic E-state index is 2.45. The van der Waals surface area contributed by atoms with Crippen molar-refractivity contribution in [1.29, 1.82) is 0 Å². The second-order valence-electron chi connectivity index (χ2n) is 5.20. The molecule has 0 spiro atoms. The van der Waals surface area contributed by atoms with Crippen molar-refractivity contribution >= 4 is 0 Å². The lowest BCUT2D eigenvalue weighted by Gasteiger charge is -2.40. The maximum Gasteiger partial charge on any atom is -0.0346 e. The molecule has 0 aromatic carbocycles. The molecule has 0 bridgehead atoms. The molecule has 0 unspecified atom stereocenters. The fourth-order valence-corrected chi connectivity index (χ4v) is 2.29. The molecule has 1 radical (unpaired) electrons. The summed E-state index contributed by atoms with van der Waals surface area (Å²) in [5, 5.41) is 0. The van der Waals surface area contributed by atoms with Gasteiger partial charge >= 0.3 is 0 Å². The molecule has 0 aromatic rings. The van der Waals surface area contributed by atoms with E-state index in [4.69, 9.17) is 0 Å². The molecule has 59 valence electrons. The first kappa shape index (κ1) is 8.10. The quantitative estimate of drug-likeness (QED) is 0.482. The van der Waals surface area contributed by atoms with E-state index in [1.807, 2.05) is 0 Å². The van der Waals surface area contributed by atoms with E-state index < -0.39 is 0 Å². The Bertz CT molecular complexity index is 106. The maximum atomic E-state index is 2.45. The normalized spacial score (nSPS) is 30.0. The Morgan fingerprint density at radius 2 is 1.30 bits per heavy atom. The van der Waals surface area contributed by atoms with E-state index in [0.29, 0.717) is 10.8 Å². The molecule has 1 aliphatic rings. The summed E-state index contributed by atoms with van der Waals surface area (Å²) in [6, 6.07) is 0. The molecule has 0 atom stereocenters. The van der Waals surface area contributed by atoms with Gasteiger partial charge in [0, 0.05) is 0 Å². The molecular formula is C10H19. The summed E-state index contributed by atoms with van der Waals surface area (Å²) < 4.78 is 0. The zero-order valence-electron chi connectivity index (χ0n) is 7.70. The molecule has 0 amide bonds. The second kappa shape index (κ2) is 2.25. The molecule has 0 N–H and O–H groups in total. The average Bonchev–Trinajstić information content (AvgIpc) is 1.56. The highest BCUT2D eigenvalue weighted by atomic mass is 14.4. The fourth-order valence-electron chi connectivity index (χ4n) is 2.29. The van der Waals surface area contributed by atoms with Gasteiger partial charge in [-0.25, -0.2) is 0 Å². The predicted octanol–water partition coefficient (Wildman–Crippen LogP) is 3.43. The summed E-state index contributed by atoms with van der Waals surface area (Å²) in [6.45, 7) is 9.46. The van der Waals surface area contributed by atoms with Crippen LogP contribution in [0.4, 0.5) is 0 Å². The van der Waals surface area contributed by atoms with Gasteiger partial charge in [-0.3, -0.25) is 0 Å². The van der Waals surface area contributed by atoms with Crippen molar-refractivity contribution in [3.63, 3.8) is 0 Å². The molecule has 0 nitrogen and oxygen atoms in total. The molecule has 0 saturated heterocycles. The predicted molar refractivity (Wildman–Crippen MR) is 45.7 cm³/mol. The van der Waals surface area contributed by atoms with Gasteiger partial charge in [0.05, 0.1) is 0 Å². The minimum atomic E-state index is 0.557. The Morgan fingerprint density at radius 3 is 1.50 bits per heavy atom. The van der Waals surface area contributed by atoms with Crippen LogP contribution in [0.25, 0.3) is 0 Å². The van der Waals surface area contributed by atoms with E-state index in [1.165, 1.54) is 19.3 Å². The Hall–Kier alpha value is 0. The highest BCUT2D eigenvalue weighted by Crippen LogP contribution is 2.44. The molecule has 0 heterocycles. The van der Waals surface area contributed by atoms with Gasteiger partial charge in [0.25, 0.3) is 0 Å². The van der Waals surface area contributed by atoms with Crippen molar-refractivity contribution < 1.29 is 0 Å². The summed E-state index contributed by atoms with van der Waals surface area (Å²) in [5.74, 6) is 0. The lowest BCUT2D eigenvalue weighted by atomic mass is 9.65. The van der Waals surface area contributed by atoms with Crippen LogP contribution in [0.5, 0.6) is 0 Å². The van der Waals surface area contributed by atoms with Crippen LogP contribution in [-0.4, -0.2) is 0 Å². The minimum absolute atomic E-state index is 0.557. The van der Waals surface area contributed by atoms with Crippen molar-refractivity contribution in [2.75, 3.05) is 0 Å². The van der Waals surface area contributed by atoms with Crippen LogP contribution in [-0.2, 0) is 0 Å². The molecule has 10 heavy (non-hydrogen) atoms. The minimum Gasteiger partial charge on any atom is -0.0599 e. The van der Waals surface area contributed by atoms with Crippen molar-refractivity contribution in [2.45, 2.75) is 47.0 Å². The topological polar surface area (TPSA) is 0 Å². The summed E-state index contributed by atoms with van der Waals surface area (Å²) in [6.07, 6.45) is 6.42. The van der Waals surface area contributed by atoms with Gasteiger partial charge in [-0.1, -0.05) is 27.7 Å². The van der Waals surface area contributed by atoms with Crippen molar-refractivity contribution in [3.05, 3.63) is 6.42 Å². The van der Waals surface area contributed by atoms with Crippen molar-refractivity contribution in [2.24, 2.45) is 10.8 Å². The number of rotatable bonds is 0. The first-order valence-corrected chi connectivity index (χ1v) is 4.23. The van der Waals surface area contributed by atoms with Crippen LogP contribution in [0.15, 0.2) is 0 Å². The molecule has 1 aliphatic carbocycles. The smallest absolute Gasteiger partial charge is 0.0346 e. The first-order valence-electron chi connectivity index (χ1n) is 4.23. The summed E-state index contributed by atoms with van der Waals surface area (Å²) in [5.41, 5.74) is 1.11. The monoisotopic (exact) mass is 139 g/mol. The summed E-state index contributed by atoms with van der Waals surface area (Å²) >= 11 is 0. The largest absolute Gasteiger partial charge is 0.0599 e. The second-order valence-corrected chi connectivity index (χ2v) is 5.20. The molecular weight excluding hydrogens is 120 g/mol. The van der Waals surface area contributed by atoms with E-state index in [-0.39, 0.29) is 0 Å². The molecule has 1 saturated carbocycles. The van der Waals surface area contributed by atoms with Crippen LogP contribution in [0, 0.1) is 17.3 Å². The average molecular weight is 139 g/mol. The van der Waals surface area contributed by atoms with Gasteiger partial charge < -0.3 is 0 Å². The Labute approximate surface area is 65.0 Å². The van der Waals surface area contributed by atoms with Gasteiger partial charge in [0.2, 0.25) is 0 Å². The Morgan fingerprint density at radius 1 is 0.900 bits per heavy atom. The molecule has 1 fully saturated rings. The van der Waals surface area contributed by atoms with Crippen LogP contribution in [0.1, 0.15) is 47.0 Å². The van der Waals surface area contributed by atoms with Crippen LogP contribution in [0.3, 0.4) is 0 Å². The lowest BCUT2D eigenvalue weighted by Crippen LogP contribution is -2.28. The number of hydrogen-bond donors (Lipinski definition) is 0. The van der Waals surface area contributed by atoms with E-state index >= 15 is 0 Å². The van der Waals surface area contributed by atoms with Gasteiger partial charge in [-0.2, -0.15) is 0 Å². The zero-order valence-corrected chi connectivity index (χ0v) is 7.70. The highest BCUT2D eigenvalue weighted by Gasteiger charge is 2.32. The van der Waals surface area contributed by atoms with E-state index in [9.17, 15) is 0 Å². The van der Waals surface area contributed by atoms with Crippen LogP contribution in [0.2, 0.25) is 0 Å². The van der Waals surface area contributed by atoms with Gasteiger partial charge in [0.15, 0.2) is 0 Å². The lowest BCUT2D eigenvalue weighted by molar-refractivity contribution is 0.150. The van der Waals surface area contributed by atoms with E-state index in [2.05, 4.69) is 34.1 Å². The first-order chi connectivity index (χ1) is 4.41. The third-order valence-electron chi connectivity index (χ3n) is 2.35. The van der Waals surface area contributed by atoms with Crippen molar-refractivity contribution in [1.82, 2.24) is 0 Å². The SMILES string of the molecule is CC1(C)C[CH]CC(C)(C)C1. The number of hydrogen-bond acceptors (Lipinski definition) is 0. The third kappa shape index (κ3) is 2.00. The molecule has 0 heteroatoms. The summed E-state index contributed by atoms with van der Waals surface area (Å²) in [4.78, 5) is 0. The van der Waals surface area contributed by atoms with E-state index in [1.54, 1.807) is 0 Å². The van der Waals surface area contributed by atoms with E-state index in [0.717, 1.165) is 0 Å². The molecule has 0 aromatic heterocycles. The molecule has 1 rings (SSSR count). The van der Waals surface area contributed by atoms with Gasteiger partial charge in [-0.05, 0) is 36.5 Å². The Kier molecular flexibility index (Phi) is 1.82. The van der Waals surface area contributed by atoms with Crippen LogP contribution >= 0.6 is 0 Å². The standard InChI is InChI=1S/C10H19/c1-9(2)6-5-7-10(3,4)8-9/h5H,6-8H2,1-4H3. The van der Waals surface area contributed by atoms with Gasteiger partial charge in [0.1, 0.15) is 0 Å². The zero-order chi connectivity index (χ0) is 7.83. The highest BCUT2D eigenvalue weighted by molar-refractivity contribution is 4.92. The van der Waals surface area contributed by atoms with Gasteiger partial charge in [-0.15, -0.1) is 0 Å². The van der Waals surface area contributed by atoms with Crippen molar-refractivity contribution in [3.8, 4) is 0 Å². The summed E-state index contributed by atoms with van der Waals surface area (Å²) in [7, 11) is 0. The fraction of sp³-hybridized carbons (Fsp3) is 0.900. The van der Waals surface area contributed by atoms with Crippen LogP contribution < -0.4 is 0 Å².